The van der Waals surface area contributed by atoms with E-state index in [0.29, 0.717) is 0 Å². The molecule has 1 radical (unpaired) electrons. The summed E-state index contributed by atoms with van der Waals surface area (Å²) < 4.78 is 10.6. The van der Waals surface area contributed by atoms with Gasteiger partial charge in [0.1, 0.15) is 0 Å². The summed E-state index contributed by atoms with van der Waals surface area (Å²) in [5.41, 5.74) is 2.09. The molecule has 2 nitrogen and oxygen atoms in total. The van der Waals surface area contributed by atoms with Crippen LogP contribution in [0.25, 0.3) is 0 Å². The Morgan fingerprint density at radius 1 is 1.31 bits per heavy atom. The van der Waals surface area contributed by atoms with E-state index in [4.69, 9.17) is 9.47 Å². The van der Waals surface area contributed by atoms with Crippen molar-refractivity contribution in [2.24, 2.45) is 0 Å². The standard InChI is InChI=1S/C11H15O2/c1-9-6-5-7-10(8-9)11(2,12-3)13-4/h5,7-8H,1-4H3. The third kappa shape index (κ3) is 2.08. The molecule has 0 heterocycles. The predicted octanol–water partition coefficient (Wildman–Crippen LogP) is 2.26. The summed E-state index contributed by atoms with van der Waals surface area (Å²) in [7, 11) is 3.27. The molecule has 0 aliphatic rings. The first kappa shape index (κ1) is 10.2. The van der Waals surface area contributed by atoms with Crippen LogP contribution in [0.5, 0.6) is 0 Å². The third-order valence-corrected chi connectivity index (χ3v) is 2.25. The largest absolute Gasteiger partial charge is 0.349 e. The van der Waals surface area contributed by atoms with Gasteiger partial charge >= 0.3 is 0 Å². The van der Waals surface area contributed by atoms with Gasteiger partial charge in [-0.2, -0.15) is 0 Å². The van der Waals surface area contributed by atoms with Crippen LogP contribution in [0.4, 0.5) is 0 Å². The molecule has 0 aliphatic carbocycles. The topological polar surface area (TPSA) is 18.5 Å². The molecule has 1 aromatic rings. The van der Waals surface area contributed by atoms with E-state index in [9.17, 15) is 0 Å². The Labute approximate surface area is 79.5 Å². The van der Waals surface area contributed by atoms with Crippen LogP contribution in [0, 0.1) is 13.0 Å². The summed E-state index contributed by atoms with van der Waals surface area (Å²) in [6.07, 6.45) is 0. The van der Waals surface area contributed by atoms with Crippen molar-refractivity contribution in [1.82, 2.24) is 0 Å². The molecule has 1 rings (SSSR count). The van der Waals surface area contributed by atoms with E-state index in [1.165, 1.54) is 0 Å². The van der Waals surface area contributed by atoms with Crippen LogP contribution in [-0.2, 0) is 15.3 Å². The van der Waals surface area contributed by atoms with Gasteiger partial charge in [-0.1, -0.05) is 18.2 Å². The van der Waals surface area contributed by atoms with Crippen molar-refractivity contribution in [3.05, 3.63) is 35.4 Å². The number of hydrogen-bond donors (Lipinski definition) is 0. The SMILES string of the molecule is COC(C)(OC)c1cc[c]c(C)c1. The summed E-state index contributed by atoms with van der Waals surface area (Å²) >= 11 is 0. The minimum absolute atomic E-state index is 0.653. The van der Waals surface area contributed by atoms with Gasteiger partial charge in [0.15, 0.2) is 5.79 Å². The van der Waals surface area contributed by atoms with Gasteiger partial charge in [-0.25, -0.2) is 0 Å². The second-order valence-electron chi connectivity index (χ2n) is 3.11. The summed E-state index contributed by atoms with van der Waals surface area (Å²) in [6.45, 7) is 3.89. The van der Waals surface area contributed by atoms with Crippen LogP contribution in [0.3, 0.4) is 0 Å². The molecule has 13 heavy (non-hydrogen) atoms. The van der Waals surface area contributed by atoms with Gasteiger partial charge in [0, 0.05) is 19.8 Å². The third-order valence-electron chi connectivity index (χ3n) is 2.25. The molecule has 2 heteroatoms. The number of ether oxygens (including phenoxy) is 2. The monoisotopic (exact) mass is 179 g/mol. The molecule has 0 amide bonds. The van der Waals surface area contributed by atoms with E-state index in [1.807, 2.05) is 32.0 Å². The fourth-order valence-corrected chi connectivity index (χ4v) is 1.19. The number of rotatable bonds is 3. The Morgan fingerprint density at radius 3 is 2.38 bits per heavy atom. The van der Waals surface area contributed by atoms with Crippen molar-refractivity contribution >= 4 is 0 Å². The first-order valence-electron chi connectivity index (χ1n) is 4.21. The number of aryl methyl sites for hydroxylation is 1. The van der Waals surface area contributed by atoms with Crippen LogP contribution >= 0.6 is 0 Å². The molecule has 0 N–H and O–H groups in total. The Hall–Kier alpha value is -0.860. The molecule has 1 aromatic carbocycles. The van der Waals surface area contributed by atoms with E-state index in [2.05, 4.69) is 6.07 Å². The average molecular weight is 179 g/mol. The molecular formula is C11H15O2. The van der Waals surface area contributed by atoms with Crippen LogP contribution in [0.1, 0.15) is 18.1 Å². The minimum Gasteiger partial charge on any atom is -0.349 e. The predicted molar refractivity (Wildman–Crippen MR) is 51.4 cm³/mol. The fourth-order valence-electron chi connectivity index (χ4n) is 1.19. The maximum absolute atomic E-state index is 5.29. The second kappa shape index (κ2) is 3.90. The highest BCUT2D eigenvalue weighted by Gasteiger charge is 2.25. The van der Waals surface area contributed by atoms with Gasteiger partial charge in [-0.15, -0.1) is 0 Å². The van der Waals surface area contributed by atoms with Gasteiger partial charge in [0.05, 0.1) is 0 Å². The molecule has 0 spiro atoms. The molecule has 0 saturated carbocycles. The van der Waals surface area contributed by atoms with Crippen molar-refractivity contribution in [1.29, 1.82) is 0 Å². The zero-order valence-corrected chi connectivity index (χ0v) is 8.55. The fraction of sp³-hybridized carbons (Fsp3) is 0.455. The lowest BCUT2D eigenvalue weighted by Crippen LogP contribution is -2.26. The molecule has 0 atom stereocenters. The molecular weight excluding hydrogens is 164 g/mol. The normalized spacial score (nSPS) is 11.7. The van der Waals surface area contributed by atoms with Crippen LogP contribution < -0.4 is 0 Å². The highest BCUT2D eigenvalue weighted by Crippen LogP contribution is 2.25. The quantitative estimate of drug-likeness (QED) is 0.663. The first-order valence-corrected chi connectivity index (χ1v) is 4.21. The maximum atomic E-state index is 5.29. The molecule has 0 fully saturated rings. The van der Waals surface area contributed by atoms with Gasteiger partial charge in [-0.3, -0.25) is 0 Å². The van der Waals surface area contributed by atoms with Crippen molar-refractivity contribution in [3.63, 3.8) is 0 Å². The summed E-state index contributed by atoms with van der Waals surface area (Å²) in [5.74, 6) is -0.653. The van der Waals surface area contributed by atoms with E-state index < -0.39 is 5.79 Å². The number of hydrogen-bond acceptors (Lipinski definition) is 2. The van der Waals surface area contributed by atoms with Crippen molar-refractivity contribution in [3.8, 4) is 0 Å². The Kier molecular flexibility index (Phi) is 3.07. The zero-order valence-electron chi connectivity index (χ0n) is 8.55. The van der Waals surface area contributed by atoms with Gasteiger partial charge < -0.3 is 9.47 Å². The lowest BCUT2D eigenvalue weighted by molar-refractivity contribution is -0.201. The van der Waals surface area contributed by atoms with Gasteiger partial charge in [0.2, 0.25) is 0 Å². The molecule has 0 bridgehead atoms. The van der Waals surface area contributed by atoms with Crippen LogP contribution in [0.2, 0.25) is 0 Å². The summed E-state index contributed by atoms with van der Waals surface area (Å²) in [6, 6.07) is 8.91. The second-order valence-corrected chi connectivity index (χ2v) is 3.11. The van der Waals surface area contributed by atoms with Crippen LogP contribution in [-0.4, -0.2) is 14.2 Å². The maximum Gasteiger partial charge on any atom is 0.191 e. The van der Waals surface area contributed by atoms with E-state index >= 15 is 0 Å². The van der Waals surface area contributed by atoms with Crippen molar-refractivity contribution < 1.29 is 9.47 Å². The molecule has 0 aliphatic heterocycles. The highest BCUT2D eigenvalue weighted by atomic mass is 16.7. The van der Waals surface area contributed by atoms with Crippen molar-refractivity contribution in [2.45, 2.75) is 19.6 Å². The van der Waals surface area contributed by atoms with E-state index in [-0.39, 0.29) is 0 Å². The Bertz CT molecular complexity index is 277. The van der Waals surface area contributed by atoms with E-state index in [1.54, 1.807) is 14.2 Å². The van der Waals surface area contributed by atoms with E-state index in [0.717, 1.165) is 11.1 Å². The van der Waals surface area contributed by atoms with Crippen molar-refractivity contribution in [2.75, 3.05) is 14.2 Å². The number of benzene rings is 1. The smallest absolute Gasteiger partial charge is 0.191 e. The highest BCUT2D eigenvalue weighted by molar-refractivity contribution is 5.24. The van der Waals surface area contributed by atoms with Gasteiger partial charge in [-0.05, 0) is 25.5 Å². The molecule has 0 saturated heterocycles. The average Bonchev–Trinajstić information content (AvgIpc) is 2.17. The lowest BCUT2D eigenvalue weighted by Gasteiger charge is -2.26. The minimum atomic E-state index is -0.653. The Morgan fingerprint density at radius 2 is 1.92 bits per heavy atom. The van der Waals surface area contributed by atoms with Crippen LogP contribution in [0.15, 0.2) is 18.2 Å². The lowest BCUT2D eigenvalue weighted by atomic mass is 10.1. The first-order chi connectivity index (χ1) is 6.12. The molecule has 0 unspecified atom stereocenters. The zero-order chi connectivity index (χ0) is 9.90. The Balaban J connectivity index is 3.05. The number of methoxy groups -OCH3 is 2. The van der Waals surface area contributed by atoms with Gasteiger partial charge in [0.25, 0.3) is 0 Å². The molecule has 71 valence electrons. The summed E-state index contributed by atoms with van der Waals surface area (Å²) in [5, 5.41) is 0. The molecule has 0 aromatic heterocycles. The summed E-state index contributed by atoms with van der Waals surface area (Å²) in [4.78, 5) is 0.